The molecule has 0 aliphatic heterocycles. The summed E-state index contributed by atoms with van der Waals surface area (Å²) in [6.07, 6.45) is 1.55. The van der Waals surface area contributed by atoms with Crippen LogP contribution in [0.1, 0.15) is 16.1 Å². The van der Waals surface area contributed by atoms with Crippen LogP contribution in [0.25, 0.3) is 5.65 Å². The second-order valence-electron chi connectivity index (χ2n) is 4.39. The number of rotatable bonds is 3. The van der Waals surface area contributed by atoms with E-state index in [1.807, 2.05) is 24.3 Å². The molecule has 0 saturated heterocycles. The first-order valence-corrected chi connectivity index (χ1v) is 7.33. The van der Waals surface area contributed by atoms with E-state index in [4.69, 9.17) is 11.6 Å². The van der Waals surface area contributed by atoms with Gasteiger partial charge >= 0.3 is 0 Å². The number of nitrogens with zero attached hydrogens (tertiary/aromatic N) is 3. The van der Waals surface area contributed by atoms with Gasteiger partial charge in [0.15, 0.2) is 5.65 Å². The zero-order valence-electron chi connectivity index (χ0n) is 10.8. The number of carbonyl (C=O) groups excluding carboxylic acids is 1. The van der Waals surface area contributed by atoms with Crippen LogP contribution >= 0.6 is 27.5 Å². The van der Waals surface area contributed by atoms with Gasteiger partial charge in [0.05, 0.1) is 6.20 Å². The molecule has 5 nitrogen and oxygen atoms in total. The Balaban J connectivity index is 1.73. The molecule has 0 fully saturated rings. The third-order valence-corrected chi connectivity index (χ3v) is 3.62. The van der Waals surface area contributed by atoms with E-state index in [-0.39, 0.29) is 5.91 Å². The van der Waals surface area contributed by atoms with E-state index >= 15 is 0 Å². The lowest BCUT2D eigenvalue weighted by molar-refractivity contribution is 0.0946. The average molecular weight is 366 g/mol. The highest BCUT2D eigenvalue weighted by Gasteiger charge is 2.11. The molecular weight excluding hydrogens is 356 g/mol. The molecule has 0 saturated carbocycles. The zero-order chi connectivity index (χ0) is 14.8. The summed E-state index contributed by atoms with van der Waals surface area (Å²) >= 11 is 9.17. The molecule has 1 N–H and O–H groups in total. The van der Waals surface area contributed by atoms with Crippen molar-refractivity contribution in [2.24, 2.45) is 0 Å². The third-order valence-electron chi connectivity index (χ3n) is 2.89. The molecule has 0 aliphatic rings. The Bertz CT molecular complexity index is 800. The Hall–Kier alpha value is -1.92. The highest BCUT2D eigenvalue weighted by Crippen LogP contribution is 2.11. The van der Waals surface area contributed by atoms with Crippen molar-refractivity contribution in [3.05, 3.63) is 63.5 Å². The quantitative estimate of drug-likeness (QED) is 0.776. The smallest absolute Gasteiger partial charge is 0.271 e. The molecule has 3 aromatic rings. The van der Waals surface area contributed by atoms with Crippen molar-refractivity contribution < 1.29 is 4.79 Å². The van der Waals surface area contributed by atoms with E-state index in [0.717, 1.165) is 10.0 Å². The van der Waals surface area contributed by atoms with Gasteiger partial charge in [0.1, 0.15) is 10.8 Å². The van der Waals surface area contributed by atoms with Crippen LogP contribution in [-0.2, 0) is 6.54 Å². The van der Waals surface area contributed by atoms with E-state index in [2.05, 4.69) is 31.3 Å². The molecule has 0 radical (unpaired) electrons. The molecule has 1 aromatic carbocycles. The summed E-state index contributed by atoms with van der Waals surface area (Å²) in [5, 5.41) is 7.21. The lowest BCUT2D eigenvalue weighted by atomic mass is 10.2. The van der Waals surface area contributed by atoms with E-state index < -0.39 is 0 Å². The summed E-state index contributed by atoms with van der Waals surface area (Å²) in [4.78, 5) is 16.3. The molecule has 2 aromatic heterocycles. The lowest BCUT2D eigenvalue weighted by Crippen LogP contribution is -2.23. The van der Waals surface area contributed by atoms with Gasteiger partial charge in [-0.15, -0.1) is 0 Å². The Morgan fingerprint density at radius 3 is 2.76 bits per heavy atom. The molecular formula is C14H10BrClN4O. The van der Waals surface area contributed by atoms with Crippen LogP contribution in [0.2, 0.25) is 5.15 Å². The average Bonchev–Trinajstić information content (AvgIpc) is 2.89. The first-order valence-electron chi connectivity index (χ1n) is 6.16. The predicted molar refractivity (Wildman–Crippen MR) is 83.3 cm³/mol. The number of fused-ring (bicyclic) bond motifs is 1. The van der Waals surface area contributed by atoms with Crippen molar-refractivity contribution in [1.29, 1.82) is 0 Å². The topological polar surface area (TPSA) is 59.3 Å². The molecule has 0 spiro atoms. The number of benzene rings is 1. The number of aromatic nitrogens is 3. The van der Waals surface area contributed by atoms with Gasteiger partial charge < -0.3 is 5.32 Å². The summed E-state index contributed by atoms with van der Waals surface area (Å²) < 4.78 is 2.48. The highest BCUT2D eigenvalue weighted by molar-refractivity contribution is 9.10. The van der Waals surface area contributed by atoms with E-state index in [1.54, 1.807) is 18.3 Å². The minimum atomic E-state index is -0.250. The Kier molecular flexibility index (Phi) is 3.90. The normalized spacial score (nSPS) is 10.8. The van der Waals surface area contributed by atoms with Crippen LogP contribution in [0.4, 0.5) is 0 Å². The van der Waals surface area contributed by atoms with E-state index in [1.165, 1.54) is 4.52 Å². The molecule has 21 heavy (non-hydrogen) atoms. The van der Waals surface area contributed by atoms with Gasteiger partial charge in [0.25, 0.3) is 5.91 Å². The van der Waals surface area contributed by atoms with Crippen LogP contribution in [0.15, 0.2) is 47.1 Å². The fourth-order valence-corrected chi connectivity index (χ4v) is 2.25. The van der Waals surface area contributed by atoms with Crippen LogP contribution in [-0.4, -0.2) is 20.5 Å². The monoisotopic (exact) mass is 364 g/mol. The molecule has 0 aliphatic carbocycles. The first-order chi connectivity index (χ1) is 10.1. The van der Waals surface area contributed by atoms with E-state index in [0.29, 0.717) is 23.0 Å². The Morgan fingerprint density at radius 1 is 1.24 bits per heavy atom. The van der Waals surface area contributed by atoms with Crippen molar-refractivity contribution in [3.8, 4) is 0 Å². The van der Waals surface area contributed by atoms with Gasteiger partial charge in [-0.25, -0.2) is 9.50 Å². The minimum Gasteiger partial charge on any atom is -0.347 e. The number of halogens is 2. The van der Waals surface area contributed by atoms with Gasteiger partial charge in [0, 0.05) is 11.0 Å². The number of amides is 1. The maximum atomic E-state index is 12.1. The highest BCUT2D eigenvalue weighted by atomic mass is 79.9. The van der Waals surface area contributed by atoms with E-state index in [9.17, 15) is 4.79 Å². The van der Waals surface area contributed by atoms with Crippen LogP contribution in [0.5, 0.6) is 0 Å². The molecule has 0 atom stereocenters. The van der Waals surface area contributed by atoms with Crippen molar-refractivity contribution in [3.63, 3.8) is 0 Å². The van der Waals surface area contributed by atoms with Crippen LogP contribution < -0.4 is 5.32 Å². The summed E-state index contributed by atoms with van der Waals surface area (Å²) in [6.45, 7) is 0.439. The SMILES string of the molecule is O=C(NCc1ccc(Br)cc1)c1cn2nc(Cl)ccc2n1. The number of hydrogen-bond acceptors (Lipinski definition) is 3. The van der Waals surface area contributed by atoms with Gasteiger partial charge in [-0.1, -0.05) is 39.7 Å². The largest absolute Gasteiger partial charge is 0.347 e. The fourth-order valence-electron chi connectivity index (χ4n) is 1.84. The molecule has 7 heteroatoms. The van der Waals surface area contributed by atoms with Gasteiger partial charge in [-0.05, 0) is 29.8 Å². The summed E-state index contributed by atoms with van der Waals surface area (Å²) in [5.41, 5.74) is 1.89. The van der Waals surface area contributed by atoms with Crippen LogP contribution in [0.3, 0.4) is 0 Å². The standard InChI is InChI=1S/C14H10BrClN4O/c15-10-3-1-9(2-4-10)7-17-14(21)11-8-20-13(18-11)6-5-12(16)19-20/h1-6,8H,7H2,(H,17,21). The first kappa shape index (κ1) is 14.0. The number of hydrogen-bond donors (Lipinski definition) is 1. The predicted octanol–water partition coefficient (Wildman–Crippen LogP) is 3.08. The zero-order valence-corrected chi connectivity index (χ0v) is 13.1. The molecule has 2 heterocycles. The molecule has 0 unspecified atom stereocenters. The van der Waals surface area contributed by atoms with Crippen molar-refractivity contribution in [1.82, 2.24) is 19.9 Å². The van der Waals surface area contributed by atoms with Crippen molar-refractivity contribution in [2.75, 3.05) is 0 Å². The Morgan fingerprint density at radius 2 is 2.00 bits per heavy atom. The number of carbonyl (C=O) groups is 1. The second-order valence-corrected chi connectivity index (χ2v) is 5.70. The maximum absolute atomic E-state index is 12.1. The number of nitrogens with one attached hydrogen (secondary N) is 1. The molecule has 3 rings (SSSR count). The minimum absolute atomic E-state index is 0.250. The third kappa shape index (κ3) is 3.22. The van der Waals surface area contributed by atoms with Crippen LogP contribution in [0, 0.1) is 0 Å². The summed E-state index contributed by atoms with van der Waals surface area (Å²) in [7, 11) is 0. The Labute approximate surface area is 134 Å². The summed E-state index contributed by atoms with van der Waals surface area (Å²) in [6, 6.07) is 11.1. The van der Waals surface area contributed by atoms with Gasteiger partial charge in [-0.3, -0.25) is 4.79 Å². The molecule has 1 amide bonds. The van der Waals surface area contributed by atoms with Crippen molar-refractivity contribution >= 4 is 39.1 Å². The maximum Gasteiger partial charge on any atom is 0.271 e. The lowest BCUT2D eigenvalue weighted by Gasteiger charge is -2.03. The second kappa shape index (κ2) is 5.83. The number of imidazole rings is 1. The fraction of sp³-hybridized carbons (Fsp3) is 0.0714. The summed E-state index contributed by atoms with van der Waals surface area (Å²) in [5.74, 6) is -0.250. The van der Waals surface area contributed by atoms with Gasteiger partial charge in [-0.2, -0.15) is 5.10 Å². The molecule has 106 valence electrons. The molecule has 0 bridgehead atoms. The van der Waals surface area contributed by atoms with Crippen molar-refractivity contribution in [2.45, 2.75) is 6.54 Å². The van der Waals surface area contributed by atoms with Gasteiger partial charge in [0.2, 0.25) is 0 Å².